The Hall–Kier alpha value is -6.48. The van der Waals surface area contributed by atoms with Crippen LogP contribution in [0.25, 0.3) is 0 Å². The van der Waals surface area contributed by atoms with Crippen molar-refractivity contribution in [1.29, 1.82) is 0 Å². The summed E-state index contributed by atoms with van der Waals surface area (Å²) in [5, 5.41) is 48.1. The molecule has 0 aromatic heterocycles. The summed E-state index contributed by atoms with van der Waals surface area (Å²) < 4.78 is 0. The number of carboxylic acids is 1. The molecule has 0 aliphatic heterocycles. The number of primary amides is 1. The number of carbonyl (C=O) groups is 9. The van der Waals surface area contributed by atoms with Gasteiger partial charge in [-0.1, -0.05) is 50.6 Å². The number of amides is 8. The molecule has 0 unspecified atom stereocenters. The van der Waals surface area contributed by atoms with Crippen LogP contribution in [0.15, 0.2) is 35.3 Å². The van der Waals surface area contributed by atoms with Crippen molar-refractivity contribution in [3.8, 4) is 0 Å². The Labute approximate surface area is 420 Å². The van der Waals surface area contributed by atoms with Crippen molar-refractivity contribution in [3.05, 3.63) is 35.9 Å². The monoisotopic (exact) mass is 1020 g/mol. The minimum Gasteiger partial charge on any atom is -0.480 e. The number of nitrogens with one attached hydrogen (secondary N) is 7. The molecule has 22 N–H and O–H groups in total. The number of carboxylic acid groups (broad SMARTS) is 1. The Morgan fingerprint density at radius 1 is 0.556 bits per heavy atom. The molecule has 0 aliphatic carbocycles. The Morgan fingerprint density at radius 2 is 1.00 bits per heavy atom. The van der Waals surface area contributed by atoms with Gasteiger partial charge in [0.05, 0.1) is 12.2 Å². The number of carbonyl (C=O) groups excluding carboxylic acids is 8. The molecule has 0 fully saturated rings. The summed E-state index contributed by atoms with van der Waals surface area (Å²) in [6, 6.07) is -2.90. The fourth-order valence-electron chi connectivity index (χ4n) is 7.07. The van der Waals surface area contributed by atoms with E-state index < -0.39 is 126 Å². The summed E-state index contributed by atoms with van der Waals surface area (Å²) in [5.74, 6) is -9.37. The lowest BCUT2D eigenvalue weighted by Crippen LogP contribution is -2.62. The standard InChI is InChI=1S/C46H80N14O12/c1-5-25(2)36(43(69)56-31(19-20-34(49)63)39(65)54-30(18-13-23-53-46(51)52)38(64)57-32(45(71)72)17-10-12-22-48)59-40(66)29(16-9-11-21-47)55-44(70)37(27(4)62)60-41(67)33(24-28-14-7-6-8-15-28)58-42(68)35(50)26(3)61/h6-8,14-15,25-27,29-33,35-37,61-62H,5,9-13,16-24,47-48,50H2,1-4H3,(H2,49,63)(H,54,65)(H,55,70)(H,56,69)(H,57,64)(H,58,68)(H,59,66)(H,60,67)(H,71,72)(H4,51,52,53)/t25-,26+,27+,29-,30-,31-,32-,33-,35-,36-,37-/m0/s1. The zero-order valence-corrected chi connectivity index (χ0v) is 41.8. The second-order valence-corrected chi connectivity index (χ2v) is 17.7. The smallest absolute Gasteiger partial charge is 0.326 e. The number of hydrogen-bond donors (Lipinski definition) is 16. The van der Waals surface area contributed by atoms with Gasteiger partial charge in [0.2, 0.25) is 47.3 Å². The summed E-state index contributed by atoms with van der Waals surface area (Å²) in [4.78, 5) is 124. The van der Waals surface area contributed by atoms with Gasteiger partial charge < -0.3 is 86.9 Å². The number of aliphatic hydroxyl groups is 2. The molecule has 0 bridgehead atoms. The fraction of sp³-hybridized carbons (Fsp3) is 0.652. The lowest BCUT2D eigenvalue weighted by molar-refractivity contribution is -0.142. The number of benzene rings is 1. The number of rotatable bonds is 36. The van der Waals surface area contributed by atoms with Crippen molar-refractivity contribution in [1.82, 2.24) is 37.2 Å². The van der Waals surface area contributed by atoms with Gasteiger partial charge >= 0.3 is 5.97 Å². The highest BCUT2D eigenvalue weighted by Gasteiger charge is 2.37. The maximum Gasteiger partial charge on any atom is 0.326 e. The van der Waals surface area contributed by atoms with Crippen molar-refractivity contribution < 1.29 is 58.5 Å². The number of nitrogens with two attached hydrogens (primary N) is 6. The molecule has 11 atom stereocenters. The predicted molar refractivity (Wildman–Crippen MR) is 266 cm³/mol. The first-order valence-electron chi connectivity index (χ1n) is 24.2. The Kier molecular flexibility index (Phi) is 30.0. The zero-order valence-electron chi connectivity index (χ0n) is 41.8. The number of hydrogen-bond acceptors (Lipinski definition) is 15. The van der Waals surface area contributed by atoms with E-state index in [0.717, 1.165) is 0 Å². The molecule has 0 spiro atoms. The molecule has 0 saturated heterocycles. The van der Waals surface area contributed by atoms with Gasteiger partial charge in [-0.05, 0) is 96.2 Å². The van der Waals surface area contributed by atoms with E-state index in [9.17, 15) is 58.5 Å². The topological polar surface area (TPSA) is 467 Å². The van der Waals surface area contributed by atoms with Gasteiger partial charge in [-0.2, -0.15) is 0 Å². The van der Waals surface area contributed by atoms with Crippen molar-refractivity contribution in [2.75, 3.05) is 19.6 Å². The lowest BCUT2D eigenvalue weighted by Gasteiger charge is -2.30. The molecule has 1 aromatic rings. The summed E-state index contributed by atoms with van der Waals surface area (Å²) in [5.41, 5.74) is 34.0. The zero-order chi connectivity index (χ0) is 54.5. The third-order valence-electron chi connectivity index (χ3n) is 11.6. The summed E-state index contributed by atoms with van der Waals surface area (Å²) in [6.45, 7) is 6.43. The molecule has 72 heavy (non-hydrogen) atoms. The number of aliphatic carboxylic acids is 1. The van der Waals surface area contributed by atoms with Crippen LogP contribution in [-0.2, 0) is 49.6 Å². The first-order valence-corrected chi connectivity index (χ1v) is 24.2. The van der Waals surface area contributed by atoms with Gasteiger partial charge in [0.15, 0.2) is 5.96 Å². The molecule has 26 heteroatoms. The summed E-state index contributed by atoms with van der Waals surface area (Å²) in [7, 11) is 0. The molecule has 26 nitrogen and oxygen atoms in total. The Bertz CT molecular complexity index is 1940. The van der Waals surface area contributed by atoms with Crippen LogP contribution in [0.5, 0.6) is 0 Å². The van der Waals surface area contributed by atoms with E-state index in [-0.39, 0.29) is 57.6 Å². The van der Waals surface area contributed by atoms with Crippen molar-refractivity contribution >= 4 is 59.2 Å². The SMILES string of the molecule is CC[C@H](C)[C@H](NC(=O)[C@H](CCCCN)NC(=O)[C@@H](NC(=O)[C@H](Cc1ccccc1)NC(=O)[C@@H](N)[C@@H](C)O)[C@@H](C)O)C(=O)N[C@@H](CCC(N)=O)C(=O)N[C@@H](CCCN=C(N)N)C(=O)N[C@@H](CCCCN)C(=O)O. The highest BCUT2D eigenvalue weighted by molar-refractivity contribution is 5.98. The van der Waals surface area contributed by atoms with Crippen LogP contribution in [0.4, 0.5) is 0 Å². The average Bonchev–Trinajstić information content (AvgIpc) is 3.32. The number of nitrogens with zero attached hydrogens (tertiary/aromatic N) is 1. The fourth-order valence-corrected chi connectivity index (χ4v) is 7.07. The molecular weight excluding hydrogens is 941 g/mol. The van der Waals surface area contributed by atoms with E-state index in [4.69, 9.17) is 34.4 Å². The normalized spacial score (nSPS) is 15.7. The number of aliphatic imine (C=N–C) groups is 1. The molecule has 1 rings (SSSR count). The molecule has 406 valence electrons. The van der Waals surface area contributed by atoms with E-state index in [2.05, 4.69) is 42.2 Å². The highest BCUT2D eigenvalue weighted by atomic mass is 16.4. The molecule has 1 aromatic carbocycles. The van der Waals surface area contributed by atoms with Gasteiger partial charge in [-0.15, -0.1) is 0 Å². The molecular formula is C46H80N14O12. The van der Waals surface area contributed by atoms with Crippen LogP contribution in [0.3, 0.4) is 0 Å². The number of aliphatic hydroxyl groups excluding tert-OH is 2. The van der Waals surface area contributed by atoms with E-state index in [1.807, 2.05) is 0 Å². The van der Waals surface area contributed by atoms with Gasteiger partial charge in [0.1, 0.15) is 48.3 Å². The second kappa shape index (κ2) is 34.0. The quantitative estimate of drug-likeness (QED) is 0.0171. The van der Waals surface area contributed by atoms with Crippen LogP contribution in [-0.4, -0.2) is 155 Å². The Balaban J connectivity index is 3.51. The van der Waals surface area contributed by atoms with Crippen LogP contribution >= 0.6 is 0 Å². The van der Waals surface area contributed by atoms with E-state index in [0.29, 0.717) is 44.2 Å². The van der Waals surface area contributed by atoms with E-state index in [1.165, 1.54) is 13.8 Å². The average molecular weight is 1020 g/mol. The minimum absolute atomic E-state index is 0.0277. The van der Waals surface area contributed by atoms with E-state index >= 15 is 0 Å². The molecule has 0 heterocycles. The highest BCUT2D eigenvalue weighted by Crippen LogP contribution is 2.13. The second-order valence-electron chi connectivity index (χ2n) is 17.7. The molecule has 0 radical (unpaired) electrons. The molecule has 0 saturated carbocycles. The van der Waals surface area contributed by atoms with Crippen LogP contribution in [0.2, 0.25) is 0 Å². The van der Waals surface area contributed by atoms with Gasteiger partial charge in [-0.3, -0.25) is 43.3 Å². The van der Waals surface area contributed by atoms with Crippen LogP contribution in [0.1, 0.15) is 104 Å². The van der Waals surface area contributed by atoms with Crippen molar-refractivity contribution in [2.24, 2.45) is 45.3 Å². The van der Waals surface area contributed by atoms with Gasteiger partial charge in [0, 0.05) is 19.4 Å². The summed E-state index contributed by atoms with van der Waals surface area (Å²) in [6.07, 6.45) is -1.72. The third-order valence-corrected chi connectivity index (χ3v) is 11.6. The number of guanidine groups is 1. The maximum absolute atomic E-state index is 14.2. The van der Waals surface area contributed by atoms with E-state index in [1.54, 1.807) is 44.2 Å². The summed E-state index contributed by atoms with van der Waals surface area (Å²) >= 11 is 0. The largest absolute Gasteiger partial charge is 0.480 e. The first kappa shape index (κ1) is 63.5. The minimum atomic E-state index is -1.69. The predicted octanol–water partition coefficient (Wildman–Crippen LogP) is -4.58. The molecule has 0 aliphatic rings. The lowest BCUT2D eigenvalue weighted by atomic mass is 9.96. The van der Waals surface area contributed by atoms with Gasteiger partial charge in [-0.25, -0.2) is 4.79 Å². The maximum atomic E-state index is 14.2. The van der Waals surface area contributed by atoms with Crippen molar-refractivity contribution in [2.45, 2.75) is 165 Å². The van der Waals surface area contributed by atoms with Crippen LogP contribution in [0, 0.1) is 5.92 Å². The van der Waals surface area contributed by atoms with Gasteiger partial charge in [0.25, 0.3) is 0 Å². The third kappa shape index (κ3) is 24.1. The Morgan fingerprint density at radius 3 is 1.49 bits per heavy atom. The first-order chi connectivity index (χ1) is 34.0. The number of unbranched alkanes of at least 4 members (excludes halogenated alkanes) is 2. The molecule has 8 amide bonds. The van der Waals surface area contributed by atoms with Crippen LogP contribution < -0.4 is 71.6 Å². The van der Waals surface area contributed by atoms with Crippen molar-refractivity contribution in [3.63, 3.8) is 0 Å².